The summed E-state index contributed by atoms with van der Waals surface area (Å²) in [6, 6.07) is 7.59. The van der Waals surface area contributed by atoms with Crippen molar-refractivity contribution in [2.24, 2.45) is 5.92 Å². The van der Waals surface area contributed by atoms with Gasteiger partial charge in [0, 0.05) is 5.02 Å². The molecule has 76 valence electrons. The van der Waals surface area contributed by atoms with E-state index in [9.17, 15) is 0 Å². The largest absolute Gasteiger partial charge is 0.493 e. The molecule has 14 heavy (non-hydrogen) atoms. The van der Waals surface area contributed by atoms with Gasteiger partial charge in [-0.25, -0.2) is 0 Å². The van der Waals surface area contributed by atoms with E-state index in [1.807, 2.05) is 24.3 Å². The van der Waals surface area contributed by atoms with Crippen molar-refractivity contribution in [2.45, 2.75) is 25.7 Å². The van der Waals surface area contributed by atoms with Crippen molar-refractivity contribution >= 4 is 11.6 Å². The zero-order chi connectivity index (χ0) is 9.80. The van der Waals surface area contributed by atoms with E-state index in [1.54, 1.807) is 0 Å². The fourth-order valence-corrected chi connectivity index (χ4v) is 2.05. The summed E-state index contributed by atoms with van der Waals surface area (Å²) in [5.41, 5.74) is 0. The average molecular weight is 211 g/mol. The summed E-state index contributed by atoms with van der Waals surface area (Å²) in [4.78, 5) is 0. The molecule has 0 heterocycles. The first-order valence-corrected chi connectivity index (χ1v) is 5.61. The first-order chi connectivity index (χ1) is 6.84. The Balaban J connectivity index is 1.82. The molecule has 0 N–H and O–H groups in total. The highest BCUT2D eigenvalue weighted by atomic mass is 35.5. The van der Waals surface area contributed by atoms with Gasteiger partial charge in [0.05, 0.1) is 6.61 Å². The van der Waals surface area contributed by atoms with Crippen molar-refractivity contribution in [3.8, 4) is 5.75 Å². The van der Waals surface area contributed by atoms with Crippen LogP contribution >= 0.6 is 11.6 Å². The summed E-state index contributed by atoms with van der Waals surface area (Å²) in [6.07, 6.45) is 5.39. The van der Waals surface area contributed by atoms with Gasteiger partial charge >= 0.3 is 0 Å². The lowest BCUT2D eigenvalue weighted by Gasteiger charge is -2.10. The molecule has 0 aliphatic heterocycles. The Kier molecular flexibility index (Phi) is 3.30. The van der Waals surface area contributed by atoms with Crippen LogP contribution in [-0.4, -0.2) is 6.61 Å². The van der Waals surface area contributed by atoms with Gasteiger partial charge in [0.15, 0.2) is 0 Å². The molecule has 0 radical (unpaired) electrons. The lowest BCUT2D eigenvalue weighted by molar-refractivity contribution is 0.252. The predicted octanol–water partition coefficient (Wildman–Crippen LogP) is 3.91. The Bertz CT molecular complexity index is 275. The molecule has 0 aromatic heterocycles. The average Bonchev–Trinajstić information content (AvgIpc) is 2.70. The van der Waals surface area contributed by atoms with Crippen molar-refractivity contribution in [3.05, 3.63) is 29.3 Å². The van der Waals surface area contributed by atoms with Crippen LogP contribution in [-0.2, 0) is 0 Å². The Morgan fingerprint density at radius 1 is 1.14 bits per heavy atom. The summed E-state index contributed by atoms with van der Waals surface area (Å²) in [6.45, 7) is 0.863. The van der Waals surface area contributed by atoms with Gasteiger partial charge in [-0.1, -0.05) is 24.4 Å². The molecule has 2 heteroatoms. The molecular formula is C12H15ClO. The van der Waals surface area contributed by atoms with Crippen LogP contribution in [0.15, 0.2) is 24.3 Å². The minimum Gasteiger partial charge on any atom is -0.493 e. The minimum atomic E-state index is 0.762. The van der Waals surface area contributed by atoms with Gasteiger partial charge in [0.2, 0.25) is 0 Å². The topological polar surface area (TPSA) is 9.23 Å². The molecule has 1 saturated carbocycles. The maximum atomic E-state index is 5.78. The van der Waals surface area contributed by atoms with E-state index < -0.39 is 0 Å². The Labute approximate surface area is 90.0 Å². The first kappa shape index (κ1) is 9.85. The summed E-state index contributed by atoms with van der Waals surface area (Å²) in [7, 11) is 0. The van der Waals surface area contributed by atoms with E-state index in [2.05, 4.69) is 0 Å². The third-order valence-electron chi connectivity index (χ3n) is 2.77. The summed E-state index contributed by atoms with van der Waals surface area (Å²) < 4.78 is 5.69. The molecular weight excluding hydrogens is 196 g/mol. The van der Waals surface area contributed by atoms with Crippen molar-refractivity contribution in [2.75, 3.05) is 6.61 Å². The third kappa shape index (κ3) is 2.65. The second-order valence-electron chi connectivity index (χ2n) is 3.92. The fourth-order valence-electron chi connectivity index (χ4n) is 1.92. The smallest absolute Gasteiger partial charge is 0.119 e. The maximum absolute atomic E-state index is 5.78. The molecule has 1 fully saturated rings. The Morgan fingerprint density at radius 3 is 2.43 bits per heavy atom. The van der Waals surface area contributed by atoms with Crippen molar-refractivity contribution < 1.29 is 4.74 Å². The molecule has 0 saturated heterocycles. The van der Waals surface area contributed by atoms with Gasteiger partial charge in [0.25, 0.3) is 0 Å². The van der Waals surface area contributed by atoms with E-state index in [4.69, 9.17) is 16.3 Å². The van der Waals surface area contributed by atoms with Crippen LogP contribution in [0.2, 0.25) is 5.02 Å². The SMILES string of the molecule is Clc1ccc(OCC2CCCC2)cc1. The van der Waals surface area contributed by atoms with E-state index in [-0.39, 0.29) is 0 Å². The minimum absolute atomic E-state index is 0.762. The van der Waals surface area contributed by atoms with Crippen LogP contribution in [0.1, 0.15) is 25.7 Å². The van der Waals surface area contributed by atoms with Gasteiger partial charge in [-0.15, -0.1) is 0 Å². The number of hydrogen-bond donors (Lipinski definition) is 0. The van der Waals surface area contributed by atoms with E-state index in [0.717, 1.165) is 23.3 Å². The van der Waals surface area contributed by atoms with Crippen LogP contribution in [0.5, 0.6) is 5.75 Å². The maximum Gasteiger partial charge on any atom is 0.119 e. The second kappa shape index (κ2) is 4.70. The van der Waals surface area contributed by atoms with Crippen molar-refractivity contribution in [1.82, 2.24) is 0 Å². The van der Waals surface area contributed by atoms with Gasteiger partial charge in [-0.2, -0.15) is 0 Å². The first-order valence-electron chi connectivity index (χ1n) is 5.23. The van der Waals surface area contributed by atoms with Crippen LogP contribution < -0.4 is 4.74 Å². The highest BCUT2D eigenvalue weighted by molar-refractivity contribution is 6.30. The Morgan fingerprint density at radius 2 is 1.79 bits per heavy atom. The molecule has 1 aromatic rings. The molecule has 0 atom stereocenters. The number of ether oxygens (including phenoxy) is 1. The number of hydrogen-bond acceptors (Lipinski definition) is 1. The number of halogens is 1. The van der Waals surface area contributed by atoms with E-state index >= 15 is 0 Å². The molecule has 0 amide bonds. The fraction of sp³-hybridized carbons (Fsp3) is 0.500. The number of rotatable bonds is 3. The highest BCUT2D eigenvalue weighted by Gasteiger charge is 2.15. The Hall–Kier alpha value is -0.690. The molecule has 1 aliphatic carbocycles. The molecule has 0 bridgehead atoms. The quantitative estimate of drug-likeness (QED) is 0.735. The standard InChI is InChI=1S/C12H15ClO/c13-11-5-7-12(8-6-11)14-9-10-3-1-2-4-10/h5-8,10H,1-4,9H2. The summed E-state index contributed by atoms with van der Waals surface area (Å²) >= 11 is 5.78. The summed E-state index contributed by atoms with van der Waals surface area (Å²) in [5.74, 6) is 1.70. The molecule has 2 rings (SSSR count). The molecule has 0 unspecified atom stereocenters. The van der Waals surface area contributed by atoms with Gasteiger partial charge in [0.1, 0.15) is 5.75 Å². The highest BCUT2D eigenvalue weighted by Crippen LogP contribution is 2.25. The normalized spacial score (nSPS) is 17.2. The van der Waals surface area contributed by atoms with Crippen LogP contribution in [0, 0.1) is 5.92 Å². The molecule has 1 nitrogen and oxygen atoms in total. The molecule has 1 aromatic carbocycles. The zero-order valence-electron chi connectivity index (χ0n) is 8.21. The van der Waals surface area contributed by atoms with Crippen LogP contribution in [0.25, 0.3) is 0 Å². The van der Waals surface area contributed by atoms with Crippen molar-refractivity contribution in [1.29, 1.82) is 0 Å². The summed E-state index contributed by atoms with van der Waals surface area (Å²) in [5, 5.41) is 0.762. The monoisotopic (exact) mass is 210 g/mol. The van der Waals surface area contributed by atoms with E-state index in [1.165, 1.54) is 25.7 Å². The molecule has 1 aliphatic rings. The lowest BCUT2D eigenvalue weighted by atomic mass is 10.1. The van der Waals surface area contributed by atoms with Gasteiger partial charge in [-0.05, 0) is 43.0 Å². The number of benzene rings is 1. The lowest BCUT2D eigenvalue weighted by Crippen LogP contribution is -2.07. The molecule has 0 spiro atoms. The van der Waals surface area contributed by atoms with E-state index in [0.29, 0.717) is 0 Å². The zero-order valence-corrected chi connectivity index (χ0v) is 8.96. The predicted molar refractivity (Wildman–Crippen MR) is 58.9 cm³/mol. The van der Waals surface area contributed by atoms with Gasteiger partial charge < -0.3 is 4.74 Å². The second-order valence-corrected chi connectivity index (χ2v) is 4.35. The van der Waals surface area contributed by atoms with Gasteiger partial charge in [-0.3, -0.25) is 0 Å². The van der Waals surface area contributed by atoms with Crippen LogP contribution in [0.3, 0.4) is 0 Å². The third-order valence-corrected chi connectivity index (χ3v) is 3.03. The van der Waals surface area contributed by atoms with Crippen molar-refractivity contribution in [3.63, 3.8) is 0 Å². The van der Waals surface area contributed by atoms with Crippen LogP contribution in [0.4, 0.5) is 0 Å².